The lowest BCUT2D eigenvalue weighted by Crippen LogP contribution is -2.39. The maximum atomic E-state index is 13.3. The molecule has 0 bridgehead atoms. The average molecular weight is 445 g/mol. The highest BCUT2D eigenvalue weighted by Crippen LogP contribution is 2.28. The molecule has 1 amide bonds. The van der Waals surface area contributed by atoms with Crippen LogP contribution in [0.4, 0.5) is 6.01 Å². The van der Waals surface area contributed by atoms with Gasteiger partial charge < -0.3 is 13.8 Å². The summed E-state index contributed by atoms with van der Waals surface area (Å²) in [6.45, 7) is 6.97. The minimum Gasteiger partial charge on any atom is -0.423 e. The van der Waals surface area contributed by atoms with Crippen molar-refractivity contribution in [1.29, 1.82) is 0 Å². The molecule has 1 saturated heterocycles. The molecule has 9 heteroatoms. The number of benzene rings is 1. The predicted molar refractivity (Wildman–Crippen MR) is 120 cm³/mol. The molecule has 2 atom stereocenters. The standard InChI is InChI=1S/C22H28N4O4S/c1-14(21-15(2)24-30-16(21)3)13-20(27)25-31(4,28)17-9-11-26(12-10-17)22-23-18-7-5-6-8-19(18)29-22/h5-8,14,17H,9-13H2,1-4H3. The highest BCUT2D eigenvalue weighted by Gasteiger charge is 2.29. The molecule has 1 aromatic carbocycles. The first-order valence-corrected chi connectivity index (χ1v) is 12.5. The molecule has 1 fully saturated rings. The van der Waals surface area contributed by atoms with E-state index in [1.165, 1.54) is 0 Å². The maximum absolute atomic E-state index is 13.3. The van der Waals surface area contributed by atoms with Gasteiger partial charge in [-0.3, -0.25) is 4.79 Å². The fraction of sp³-hybridized carbons (Fsp3) is 0.500. The summed E-state index contributed by atoms with van der Waals surface area (Å²) in [6, 6.07) is 8.25. The largest absolute Gasteiger partial charge is 0.423 e. The van der Waals surface area contributed by atoms with Crippen LogP contribution >= 0.6 is 0 Å². The number of oxazole rings is 1. The smallest absolute Gasteiger partial charge is 0.298 e. The van der Waals surface area contributed by atoms with Crippen LogP contribution in [0.2, 0.25) is 0 Å². The van der Waals surface area contributed by atoms with Crippen molar-refractivity contribution >= 4 is 32.8 Å². The van der Waals surface area contributed by atoms with Crippen LogP contribution < -0.4 is 4.90 Å². The van der Waals surface area contributed by atoms with Gasteiger partial charge in [0.05, 0.1) is 15.4 Å². The quantitative estimate of drug-likeness (QED) is 0.580. The normalized spacial score (nSPS) is 18.1. The molecule has 0 N–H and O–H groups in total. The fourth-order valence-electron chi connectivity index (χ4n) is 4.35. The molecular weight excluding hydrogens is 416 g/mol. The molecule has 31 heavy (non-hydrogen) atoms. The molecule has 4 rings (SSSR count). The number of para-hydroxylation sites is 2. The van der Waals surface area contributed by atoms with Crippen LogP contribution in [0.5, 0.6) is 0 Å². The average Bonchev–Trinajstić information content (AvgIpc) is 3.30. The topological polar surface area (TPSA) is 102 Å². The van der Waals surface area contributed by atoms with Gasteiger partial charge in [-0.15, -0.1) is 0 Å². The third-order valence-corrected chi connectivity index (χ3v) is 8.23. The Bertz CT molecular complexity index is 1160. The van der Waals surface area contributed by atoms with Crippen LogP contribution in [0.25, 0.3) is 11.1 Å². The molecule has 8 nitrogen and oxygen atoms in total. The molecule has 0 aliphatic carbocycles. The van der Waals surface area contributed by atoms with Crippen molar-refractivity contribution in [1.82, 2.24) is 10.1 Å². The first kappa shape index (κ1) is 21.5. The lowest BCUT2D eigenvalue weighted by molar-refractivity contribution is -0.117. The predicted octanol–water partition coefficient (Wildman–Crippen LogP) is 4.22. The molecule has 0 saturated carbocycles. The monoisotopic (exact) mass is 444 g/mol. The van der Waals surface area contributed by atoms with Gasteiger partial charge in [0.25, 0.3) is 11.9 Å². The second-order valence-corrected chi connectivity index (χ2v) is 10.9. The molecule has 3 aromatic rings. The lowest BCUT2D eigenvalue weighted by atomic mass is 9.96. The number of anilines is 1. The number of nitrogens with zero attached hydrogens (tertiary/aromatic N) is 4. The van der Waals surface area contributed by atoms with Crippen LogP contribution in [0.1, 0.15) is 49.1 Å². The van der Waals surface area contributed by atoms with Crippen LogP contribution in [-0.2, 0) is 14.5 Å². The zero-order chi connectivity index (χ0) is 22.2. The number of aromatic nitrogens is 2. The number of piperidine rings is 1. The molecule has 1 aliphatic heterocycles. The number of hydrogen-bond acceptors (Lipinski definition) is 7. The summed E-state index contributed by atoms with van der Waals surface area (Å²) >= 11 is 0. The van der Waals surface area contributed by atoms with Gasteiger partial charge in [-0.1, -0.05) is 24.2 Å². The van der Waals surface area contributed by atoms with E-state index < -0.39 is 9.73 Å². The van der Waals surface area contributed by atoms with E-state index in [9.17, 15) is 9.00 Å². The van der Waals surface area contributed by atoms with Gasteiger partial charge in [-0.05, 0) is 44.7 Å². The van der Waals surface area contributed by atoms with Gasteiger partial charge in [0.1, 0.15) is 11.3 Å². The van der Waals surface area contributed by atoms with Crippen LogP contribution in [0.3, 0.4) is 0 Å². The summed E-state index contributed by atoms with van der Waals surface area (Å²) in [7, 11) is -2.64. The molecule has 1 aliphatic rings. The zero-order valence-corrected chi connectivity index (χ0v) is 19.1. The highest BCUT2D eigenvalue weighted by atomic mass is 32.2. The Labute approximate surface area is 182 Å². The van der Waals surface area contributed by atoms with Crippen molar-refractivity contribution in [3.63, 3.8) is 0 Å². The number of aryl methyl sites for hydroxylation is 2. The van der Waals surface area contributed by atoms with Gasteiger partial charge in [0.15, 0.2) is 5.58 Å². The zero-order valence-electron chi connectivity index (χ0n) is 18.3. The second-order valence-electron chi connectivity index (χ2n) is 8.34. The van der Waals surface area contributed by atoms with Crippen LogP contribution in [0.15, 0.2) is 37.6 Å². The minimum absolute atomic E-state index is 0.0845. The number of carbonyl (C=O) groups is 1. The number of hydrogen-bond donors (Lipinski definition) is 0. The van der Waals surface area contributed by atoms with Crippen molar-refractivity contribution in [2.75, 3.05) is 24.2 Å². The van der Waals surface area contributed by atoms with E-state index in [0.717, 1.165) is 22.4 Å². The number of rotatable bonds is 5. The van der Waals surface area contributed by atoms with Crippen molar-refractivity contribution in [2.45, 2.75) is 51.2 Å². The van der Waals surface area contributed by atoms with Gasteiger partial charge in [-0.25, -0.2) is 4.21 Å². The third kappa shape index (κ3) is 4.51. The van der Waals surface area contributed by atoms with E-state index >= 15 is 0 Å². The molecule has 3 heterocycles. The number of fused-ring (bicyclic) bond motifs is 1. The fourth-order valence-corrected chi connectivity index (χ4v) is 6.06. The summed E-state index contributed by atoms with van der Waals surface area (Å²) in [4.78, 5) is 19.2. The Morgan fingerprint density at radius 1 is 1.29 bits per heavy atom. The molecule has 166 valence electrons. The Hall–Kier alpha value is -2.68. The highest BCUT2D eigenvalue weighted by molar-refractivity contribution is 7.93. The molecule has 2 aromatic heterocycles. The molecule has 0 spiro atoms. The number of amides is 1. The van der Waals surface area contributed by atoms with E-state index in [1.807, 2.05) is 45.0 Å². The molecular formula is C22H28N4O4S. The number of carbonyl (C=O) groups excluding carboxylic acids is 1. The van der Waals surface area contributed by atoms with Gasteiger partial charge in [-0.2, -0.15) is 9.35 Å². The van der Waals surface area contributed by atoms with Gasteiger partial charge >= 0.3 is 0 Å². The van der Waals surface area contributed by atoms with Gasteiger partial charge in [0.2, 0.25) is 0 Å². The van der Waals surface area contributed by atoms with E-state index in [4.69, 9.17) is 8.94 Å². The van der Waals surface area contributed by atoms with Crippen molar-refractivity contribution in [3.8, 4) is 0 Å². The van der Waals surface area contributed by atoms with Crippen LogP contribution in [0, 0.1) is 13.8 Å². The van der Waals surface area contributed by atoms with E-state index in [1.54, 1.807) is 6.26 Å². The first-order valence-electron chi connectivity index (χ1n) is 10.5. The minimum atomic E-state index is -2.64. The SMILES string of the molecule is Cc1noc(C)c1C(C)CC(=O)N=S(C)(=O)C1CCN(c2nc3ccccc3o2)CC1. The van der Waals surface area contributed by atoms with Gasteiger partial charge in [0, 0.05) is 36.6 Å². The van der Waals surface area contributed by atoms with Crippen molar-refractivity contribution < 1.29 is 17.9 Å². The van der Waals surface area contributed by atoms with Crippen LogP contribution in [-0.4, -0.2) is 44.9 Å². The summed E-state index contributed by atoms with van der Waals surface area (Å²) < 4.78 is 28.5. The molecule has 0 radical (unpaired) electrons. The first-order chi connectivity index (χ1) is 14.7. The maximum Gasteiger partial charge on any atom is 0.298 e. The summed E-state index contributed by atoms with van der Waals surface area (Å²) in [5.74, 6) is 0.293. The Morgan fingerprint density at radius 2 is 2.00 bits per heavy atom. The summed E-state index contributed by atoms with van der Waals surface area (Å²) in [5, 5.41) is 3.81. The molecule has 2 unspecified atom stereocenters. The third-order valence-electron chi connectivity index (χ3n) is 5.96. The summed E-state index contributed by atoms with van der Waals surface area (Å²) in [6.07, 6.45) is 3.13. The van der Waals surface area contributed by atoms with Crippen molar-refractivity contribution in [3.05, 3.63) is 41.3 Å². The second kappa shape index (κ2) is 8.45. The van der Waals surface area contributed by atoms with E-state index in [-0.39, 0.29) is 23.5 Å². The van der Waals surface area contributed by atoms with E-state index in [0.29, 0.717) is 37.7 Å². The van der Waals surface area contributed by atoms with Crippen molar-refractivity contribution in [2.24, 2.45) is 4.36 Å². The lowest BCUT2D eigenvalue weighted by Gasteiger charge is -2.31. The summed E-state index contributed by atoms with van der Waals surface area (Å²) in [5.41, 5.74) is 3.29. The Kier molecular flexibility index (Phi) is 5.88. The van der Waals surface area contributed by atoms with E-state index in [2.05, 4.69) is 19.4 Å². The Morgan fingerprint density at radius 3 is 2.65 bits per heavy atom. The Balaban J connectivity index is 1.40.